The topological polar surface area (TPSA) is 113 Å². The summed E-state index contributed by atoms with van der Waals surface area (Å²) in [5, 5.41) is 2.59. The minimum absolute atomic E-state index is 0.0578. The van der Waals surface area contributed by atoms with Crippen LogP contribution in [0.1, 0.15) is 15.9 Å². The van der Waals surface area contributed by atoms with Gasteiger partial charge in [0.15, 0.2) is 0 Å². The van der Waals surface area contributed by atoms with Crippen LogP contribution in [0.5, 0.6) is 0 Å². The summed E-state index contributed by atoms with van der Waals surface area (Å²) in [5.41, 5.74) is -0.418. The van der Waals surface area contributed by atoms with E-state index in [1.807, 2.05) is 0 Å². The molecule has 0 saturated carbocycles. The molecule has 0 fully saturated rings. The molecule has 0 spiro atoms. The lowest BCUT2D eigenvalue weighted by Gasteiger charge is -2.20. The Morgan fingerprint density at radius 2 is 1.57 bits per heavy atom. The number of rotatable bonds is 9. The molecular weight excluding hydrogens is 531 g/mol. The molecule has 1 amide bonds. The van der Waals surface area contributed by atoms with Crippen molar-refractivity contribution in [2.75, 3.05) is 27.1 Å². The number of nitrogens with one attached hydrogen (secondary N) is 2. The van der Waals surface area contributed by atoms with Gasteiger partial charge in [0.1, 0.15) is 0 Å². The number of hydrogen-bond acceptors (Lipinski definition) is 5. The highest BCUT2D eigenvalue weighted by molar-refractivity contribution is 7.92. The molecule has 0 aliphatic carbocycles. The molecule has 0 aromatic heterocycles. The summed E-state index contributed by atoms with van der Waals surface area (Å²) in [7, 11) is -7.74. The van der Waals surface area contributed by atoms with Crippen molar-refractivity contribution in [2.45, 2.75) is 11.1 Å². The zero-order valence-corrected chi connectivity index (χ0v) is 21.0. The van der Waals surface area contributed by atoms with Crippen molar-refractivity contribution in [3.05, 3.63) is 96.6 Å². The summed E-state index contributed by atoms with van der Waals surface area (Å²) in [6.45, 7) is 3.59. The van der Waals surface area contributed by atoms with E-state index >= 15 is 0 Å². The van der Waals surface area contributed by atoms with E-state index in [9.17, 15) is 34.8 Å². The van der Waals surface area contributed by atoms with Gasteiger partial charge in [0.05, 0.1) is 28.9 Å². The lowest BCUT2D eigenvalue weighted by molar-refractivity contribution is -0.137. The number of halogens is 3. The molecule has 0 bridgehead atoms. The summed E-state index contributed by atoms with van der Waals surface area (Å²) in [4.78, 5) is 12.3. The molecule has 0 radical (unpaired) electrons. The van der Waals surface area contributed by atoms with Gasteiger partial charge in [0, 0.05) is 16.9 Å². The average Bonchev–Trinajstić information content (AvgIpc) is 2.81. The van der Waals surface area contributed by atoms with E-state index in [0.717, 1.165) is 22.7 Å². The van der Waals surface area contributed by atoms with Gasteiger partial charge in [-0.3, -0.25) is 13.8 Å². The fraction of sp³-hybridized carbons (Fsp3) is 0.125. The first kappa shape index (κ1) is 27.7. The number of hydrogen-bond donors (Lipinski definition) is 2. The maximum Gasteiger partial charge on any atom is 0.416 e. The van der Waals surface area contributed by atoms with Crippen molar-refractivity contribution in [3.63, 3.8) is 0 Å². The van der Waals surface area contributed by atoms with Crippen molar-refractivity contribution >= 4 is 43.0 Å². The number of carbonyl (C=O) groups is 1. The standard InChI is InChI=1S/C24H22F3N3O5S2/c1-3-15-30(36(2,32)33)21-11-7-17(8-12-21)23(31)28-19-9-13-22(14-10-19)37(34,35)29-20-6-4-5-18(16-20)24(25,26)27/h3-14,16,29H,1,15H2,2H3,(H,28,31). The van der Waals surface area contributed by atoms with E-state index < -0.39 is 37.7 Å². The van der Waals surface area contributed by atoms with Crippen LogP contribution in [0.2, 0.25) is 0 Å². The Labute approximate surface area is 212 Å². The molecule has 0 aliphatic rings. The zero-order valence-electron chi connectivity index (χ0n) is 19.4. The van der Waals surface area contributed by atoms with E-state index in [2.05, 4.69) is 16.6 Å². The summed E-state index contributed by atoms with van der Waals surface area (Å²) in [6.07, 6.45) is -2.14. The Morgan fingerprint density at radius 1 is 0.946 bits per heavy atom. The van der Waals surface area contributed by atoms with E-state index in [4.69, 9.17) is 0 Å². The number of anilines is 3. The van der Waals surface area contributed by atoms with Gasteiger partial charge >= 0.3 is 6.18 Å². The second-order valence-corrected chi connectivity index (χ2v) is 11.4. The first-order valence-electron chi connectivity index (χ1n) is 10.5. The average molecular weight is 554 g/mol. The van der Waals surface area contributed by atoms with E-state index in [1.54, 1.807) is 0 Å². The summed E-state index contributed by atoms with van der Waals surface area (Å²) in [6, 6.07) is 14.6. The van der Waals surface area contributed by atoms with Crippen molar-refractivity contribution < 1.29 is 34.8 Å². The third-order valence-electron chi connectivity index (χ3n) is 4.98. The van der Waals surface area contributed by atoms with Crippen LogP contribution >= 0.6 is 0 Å². The van der Waals surface area contributed by atoms with E-state index in [0.29, 0.717) is 11.8 Å². The third kappa shape index (κ3) is 7.11. The summed E-state index contributed by atoms with van der Waals surface area (Å²) < 4.78 is 90.9. The second-order valence-electron chi connectivity index (χ2n) is 7.79. The van der Waals surface area contributed by atoms with Gasteiger partial charge in [0.2, 0.25) is 10.0 Å². The van der Waals surface area contributed by atoms with Gasteiger partial charge in [0.25, 0.3) is 15.9 Å². The first-order chi connectivity index (χ1) is 17.2. The van der Waals surface area contributed by atoms with Gasteiger partial charge in [-0.2, -0.15) is 13.2 Å². The molecule has 0 heterocycles. The second kappa shape index (κ2) is 10.6. The fourth-order valence-electron chi connectivity index (χ4n) is 3.22. The molecule has 37 heavy (non-hydrogen) atoms. The van der Waals surface area contributed by atoms with Crippen LogP contribution in [-0.2, 0) is 26.2 Å². The maximum atomic E-state index is 12.9. The molecular formula is C24H22F3N3O5S2. The monoisotopic (exact) mass is 553 g/mol. The Morgan fingerprint density at radius 3 is 2.11 bits per heavy atom. The molecule has 8 nitrogen and oxygen atoms in total. The molecule has 3 aromatic rings. The number of alkyl halides is 3. The summed E-state index contributed by atoms with van der Waals surface area (Å²) in [5.74, 6) is -0.529. The van der Waals surface area contributed by atoms with Crippen LogP contribution in [0.25, 0.3) is 0 Å². The molecule has 3 rings (SSSR count). The van der Waals surface area contributed by atoms with Gasteiger partial charge < -0.3 is 5.32 Å². The highest BCUT2D eigenvalue weighted by atomic mass is 32.2. The van der Waals surface area contributed by atoms with Crippen molar-refractivity contribution in [3.8, 4) is 0 Å². The van der Waals surface area contributed by atoms with Crippen molar-refractivity contribution in [2.24, 2.45) is 0 Å². The largest absolute Gasteiger partial charge is 0.416 e. The van der Waals surface area contributed by atoms with Crippen molar-refractivity contribution in [1.82, 2.24) is 0 Å². The molecule has 196 valence electrons. The van der Waals surface area contributed by atoms with E-state index in [1.165, 1.54) is 60.7 Å². The number of sulfonamides is 2. The summed E-state index contributed by atoms with van der Waals surface area (Å²) >= 11 is 0. The zero-order chi connectivity index (χ0) is 27.4. The molecule has 2 N–H and O–H groups in total. The van der Waals surface area contributed by atoms with Crippen LogP contribution in [0.3, 0.4) is 0 Å². The predicted octanol–water partition coefficient (Wildman–Crippen LogP) is 4.71. The number of amides is 1. The van der Waals surface area contributed by atoms with Crippen LogP contribution in [-0.4, -0.2) is 35.5 Å². The van der Waals surface area contributed by atoms with Gasteiger partial charge in [-0.25, -0.2) is 16.8 Å². The number of benzene rings is 3. The van der Waals surface area contributed by atoms with Crippen LogP contribution in [0.4, 0.5) is 30.2 Å². The van der Waals surface area contributed by atoms with Gasteiger partial charge in [-0.05, 0) is 66.7 Å². The molecule has 13 heteroatoms. The van der Waals surface area contributed by atoms with Crippen molar-refractivity contribution in [1.29, 1.82) is 0 Å². The number of nitrogens with zero attached hydrogens (tertiary/aromatic N) is 1. The fourth-order valence-corrected chi connectivity index (χ4v) is 5.15. The smallest absolute Gasteiger partial charge is 0.322 e. The molecule has 0 atom stereocenters. The lowest BCUT2D eigenvalue weighted by Crippen LogP contribution is -2.29. The van der Waals surface area contributed by atoms with Crippen LogP contribution in [0, 0.1) is 0 Å². The maximum absolute atomic E-state index is 12.9. The highest BCUT2D eigenvalue weighted by Gasteiger charge is 2.30. The SMILES string of the molecule is C=CCN(c1ccc(C(=O)Nc2ccc(S(=O)(=O)Nc3cccc(C(F)(F)F)c3)cc2)cc1)S(C)(=O)=O. The Bertz CT molecular complexity index is 1500. The normalized spacial score (nSPS) is 12.0. The quantitative estimate of drug-likeness (QED) is 0.373. The van der Waals surface area contributed by atoms with Gasteiger partial charge in [-0.15, -0.1) is 6.58 Å². The third-order valence-corrected chi connectivity index (χ3v) is 7.54. The predicted molar refractivity (Wildman–Crippen MR) is 135 cm³/mol. The minimum Gasteiger partial charge on any atom is -0.322 e. The molecule has 0 saturated heterocycles. The van der Waals surface area contributed by atoms with Crippen LogP contribution < -0.4 is 14.3 Å². The Hall–Kier alpha value is -3.84. The Kier molecular flexibility index (Phi) is 7.98. The Balaban J connectivity index is 1.71. The first-order valence-corrected chi connectivity index (χ1v) is 13.8. The number of carbonyl (C=O) groups excluding carboxylic acids is 1. The molecule has 0 aliphatic heterocycles. The van der Waals surface area contributed by atoms with E-state index in [-0.39, 0.29) is 28.4 Å². The lowest BCUT2D eigenvalue weighted by atomic mass is 10.2. The minimum atomic E-state index is -4.62. The van der Waals surface area contributed by atoms with Gasteiger partial charge in [-0.1, -0.05) is 12.1 Å². The molecule has 0 unspecified atom stereocenters. The highest BCUT2D eigenvalue weighted by Crippen LogP contribution is 2.31. The van der Waals surface area contributed by atoms with Crippen LogP contribution in [0.15, 0.2) is 90.3 Å². The molecule has 3 aromatic carbocycles.